The molecule has 0 aliphatic heterocycles. The third-order valence-electron chi connectivity index (χ3n) is 2.29. The molecule has 0 spiro atoms. The fourth-order valence-corrected chi connectivity index (χ4v) is 2.16. The molecule has 8 heteroatoms. The quantitative estimate of drug-likeness (QED) is 0.498. The smallest absolute Gasteiger partial charge is 0.161 e. The van der Waals surface area contributed by atoms with Crippen molar-refractivity contribution in [1.82, 2.24) is 14.6 Å². The topological polar surface area (TPSA) is 59.7 Å². The van der Waals surface area contributed by atoms with Crippen molar-refractivity contribution in [2.45, 2.75) is 12.5 Å². The molecule has 0 aliphatic rings. The highest BCUT2D eigenvalue weighted by Gasteiger charge is 2.14. The number of nitrogens with zero attached hydrogens (tertiary/aromatic N) is 3. The summed E-state index contributed by atoms with van der Waals surface area (Å²) in [6, 6.07) is 1.49. The van der Waals surface area contributed by atoms with E-state index in [1.54, 1.807) is 0 Å². The minimum Gasteiger partial charge on any atom is -0.388 e. The van der Waals surface area contributed by atoms with E-state index in [1.165, 1.54) is 32.2 Å². The number of aliphatic hydroxyl groups excluding tert-OH is 1. The van der Waals surface area contributed by atoms with Gasteiger partial charge in [0.05, 0.1) is 21.9 Å². The highest BCUT2D eigenvalue weighted by molar-refractivity contribution is 14.2. The Balaban J connectivity index is 2.18. The summed E-state index contributed by atoms with van der Waals surface area (Å²) in [5.41, 5.74) is 0.720. The predicted molar refractivity (Wildman–Crippen MR) is 70.1 cm³/mol. The van der Waals surface area contributed by atoms with E-state index in [2.05, 4.69) is 10.2 Å². The van der Waals surface area contributed by atoms with E-state index in [0.717, 1.165) is 0 Å². The molecule has 0 amide bonds. The summed E-state index contributed by atoms with van der Waals surface area (Å²) in [7, 11) is 1.19. The average molecular weight is 369 g/mol. The normalized spacial score (nSPS) is 13.1. The molecular formula is C9H9FIN3O2S. The summed E-state index contributed by atoms with van der Waals surface area (Å²) < 4.78 is 20.2. The van der Waals surface area contributed by atoms with Gasteiger partial charge in [-0.3, -0.25) is 4.40 Å². The van der Waals surface area contributed by atoms with Crippen molar-refractivity contribution in [1.29, 1.82) is 0 Å². The fourth-order valence-electron chi connectivity index (χ4n) is 1.46. The molecule has 1 atom stereocenters. The molecule has 1 unspecified atom stereocenters. The van der Waals surface area contributed by atoms with Crippen LogP contribution in [0.3, 0.4) is 0 Å². The first-order valence-electron chi connectivity index (χ1n) is 4.79. The van der Waals surface area contributed by atoms with Gasteiger partial charge in [-0.2, -0.15) is 0 Å². The van der Waals surface area contributed by atoms with Crippen molar-refractivity contribution < 1.29 is 13.7 Å². The van der Waals surface area contributed by atoms with Crippen LogP contribution < -0.4 is 0 Å². The van der Waals surface area contributed by atoms with Crippen LogP contribution in [0.5, 0.6) is 0 Å². The van der Waals surface area contributed by atoms with Crippen LogP contribution in [0.25, 0.3) is 5.65 Å². The van der Waals surface area contributed by atoms with Gasteiger partial charge in [-0.25, -0.2) is 4.39 Å². The van der Waals surface area contributed by atoms with E-state index in [4.69, 9.17) is 4.18 Å². The SMILES string of the molecule is OC(CCOSI)c1cc2nncn2cc1F. The maximum absolute atomic E-state index is 13.7. The Morgan fingerprint density at radius 2 is 2.47 bits per heavy atom. The Bertz CT molecular complexity index is 510. The first kappa shape index (κ1) is 13.0. The Kier molecular flexibility index (Phi) is 4.54. The fraction of sp³-hybridized carbons (Fsp3) is 0.333. The van der Waals surface area contributed by atoms with Gasteiger partial charge in [0, 0.05) is 39.4 Å². The molecule has 2 aromatic rings. The molecule has 1 N–H and O–H groups in total. The number of pyridine rings is 1. The number of aliphatic hydroxyl groups is 1. The van der Waals surface area contributed by atoms with Crippen LogP contribution >= 0.6 is 30.4 Å². The van der Waals surface area contributed by atoms with Gasteiger partial charge >= 0.3 is 0 Å². The Hall–Kier alpha value is -0.450. The van der Waals surface area contributed by atoms with Gasteiger partial charge in [-0.05, 0) is 6.07 Å². The van der Waals surface area contributed by atoms with E-state index in [9.17, 15) is 9.50 Å². The summed E-state index contributed by atoms with van der Waals surface area (Å²) in [6.07, 6.45) is 2.09. The maximum Gasteiger partial charge on any atom is 0.161 e. The highest BCUT2D eigenvalue weighted by atomic mass is 127. The minimum atomic E-state index is -0.903. The van der Waals surface area contributed by atoms with Crippen LogP contribution in [0, 0.1) is 5.82 Å². The van der Waals surface area contributed by atoms with Crippen LogP contribution in [-0.2, 0) is 4.18 Å². The predicted octanol–water partition coefficient (Wildman–Crippen LogP) is 2.31. The van der Waals surface area contributed by atoms with Gasteiger partial charge in [0.25, 0.3) is 0 Å². The molecule has 0 fully saturated rings. The van der Waals surface area contributed by atoms with Crippen LogP contribution in [0.1, 0.15) is 18.1 Å². The lowest BCUT2D eigenvalue weighted by Crippen LogP contribution is -2.05. The molecule has 0 saturated carbocycles. The van der Waals surface area contributed by atoms with Crippen molar-refractivity contribution in [2.75, 3.05) is 6.61 Å². The summed E-state index contributed by atoms with van der Waals surface area (Å²) in [5, 5.41) is 17.3. The zero-order chi connectivity index (χ0) is 12.3. The monoisotopic (exact) mass is 369 g/mol. The van der Waals surface area contributed by atoms with E-state index in [1.807, 2.05) is 21.2 Å². The lowest BCUT2D eigenvalue weighted by molar-refractivity contribution is 0.143. The molecule has 0 saturated heterocycles. The molecule has 0 aliphatic carbocycles. The molecule has 5 nitrogen and oxygen atoms in total. The van der Waals surface area contributed by atoms with E-state index < -0.39 is 11.9 Å². The van der Waals surface area contributed by atoms with Gasteiger partial charge in [0.15, 0.2) is 5.65 Å². The zero-order valence-electron chi connectivity index (χ0n) is 8.58. The van der Waals surface area contributed by atoms with Crippen molar-refractivity contribution in [3.8, 4) is 0 Å². The van der Waals surface area contributed by atoms with Crippen LogP contribution in [-0.4, -0.2) is 26.3 Å². The van der Waals surface area contributed by atoms with E-state index in [-0.39, 0.29) is 5.56 Å². The van der Waals surface area contributed by atoms with Gasteiger partial charge in [0.2, 0.25) is 0 Å². The number of hydrogen-bond donors (Lipinski definition) is 1. The van der Waals surface area contributed by atoms with Crippen molar-refractivity contribution in [2.24, 2.45) is 0 Å². The third-order valence-corrected chi connectivity index (χ3v) is 3.31. The Labute approximate surface area is 113 Å². The van der Waals surface area contributed by atoms with Gasteiger partial charge in [-0.15, -0.1) is 10.2 Å². The Morgan fingerprint density at radius 3 is 3.24 bits per heavy atom. The molecular weight excluding hydrogens is 360 g/mol. The molecule has 17 heavy (non-hydrogen) atoms. The second-order valence-electron chi connectivity index (χ2n) is 3.36. The third kappa shape index (κ3) is 3.06. The van der Waals surface area contributed by atoms with Crippen LogP contribution in [0.2, 0.25) is 0 Å². The zero-order valence-corrected chi connectivity index (χ0v) is 11.6. The minimum absolute atomic E-state index is 0.215. The summed E-state index contributed by atoms with van der Waals surface area (Å²) in [5.74, 6) is -0.480. The first-order chi connectivity index (χ1) is 8.22. The molecule has 2 rings (SSSR count). The van der Waals surface area contributed by atoms with Crippen LogP contribution in [0.15, 0.2) is 18.6 Å². The highest BCUT2D eigenvalue weighted by Crippen LogP contribution is 2.22. The summed E-state index contributed by atoms with van der Waals surface area (Å²) >= 11 is 1.98. The second-order valence-corrected chi connectivity index (χ2v) is 4.80. The lowest BCUT2D eigenvalue weighted by Gasteiger charge is -2.11. The van der Waals surface area contributed by atoms with Crippen LogP contribution in [0.4, 0.5) is 4.39 Å². The van der Waals surface area contributed by atoms with Gasteiger partial charge in [-0.1, -0.05) is 0 Å². The van der Waals surface area contributed by atoms with Gasteiger partial charge < -0.3 is 9.29 Å². The molecule has 92 valence electrons. The summed E-state index contributed by atoms with van der Waals surface area (Å²) in [4.78, 5) is 0. The summed E-state index contributed by atoms with van der Waals surface area (Å²) in [6.45, 7) is 0.353. The Morgan fingerprint density at radius 1 is 1.65 bits per heavy atom. The number of hydrogen-bond acceptors (Lipinski definition) is 5. The molecule has 2 heterocycles. The van der Waals surface area contributed by atoms with Crippen molar-refractivity contribution >= 4 is 36.1 Å². The second kappa shape index (κ2) is 5.94. The van der Waals surface area contributed by atoms with E-state index in [0.29, 0.717) is 18.7 Å². The number of fused-ring (bicyclic) bond motifs is 1. The molecule has 0 aromatic carbocycles. The molecule has 2 aromatic heterocycles. The number of rotatable bonds is 5. The van der Waals surface area contributed by atoms with E-state index >= 15 is 0 Å². The maximum atomic E-state index is 13.7. The molecule has 0 radical (unpaired) electrons. The molecule has 0 bridgehead atoms. The largest absolute Gasteiger partial charge is 0.388 e. The lowest BCUT2D eigenvalue weighted by atomic mass is 10.1. The first-order valence-corrected chi connectivity index (χ1v) is 8.08. The standard InChI is InChI=1S/C9H9FIN3O2S/c10-7-4-14-5-12-13-9(14)3-6(7)8(15)1-2-16-17-11/h3-5,8,15H,1-2H2. The number of aromatic nitrogens is 3. The number of halogens is 2. The average Bonchev–Trinajstić information content (AvgIpc) is 2.75. The van der Waals surface area contributed by atoms with Crippen molar-refractivity contribution in [3.63, 3.8) is 0 Å². The van der Waals surface area contributed by atoms with Crippen molar-refractivity contribution in [3.05, 3.63) is 30.0 Å². The van der Waals surface area contributed by atoms with Gasteiger partial charge in [0.1, 0.15) is 12.1 Å².